The van der Waals surface area contributed by atoms with E-state index in [-0.39, 0.29) is 13.2 Å². The summed E-state index contributed by atoms with van der Waals surface area (Å²) in [5, 5.41) is 9.26. The van der Waals surface area contributed by atoms with Gasteiger partial charge in [0.1, 0.15) is 24.0 Å². The number of hydrogen-bond acceptors (Lipinski definition) is 8. The smallest absolute Gasteiger partial charge is 0.336 e. The molecule has 3 rings (SSSR count). The predicted octanol–water partition coefficient (Wildman–Crippen LogP) is 3.47. The van der Waals surface area contributed by atoms with Gasteiger partial charge in [-0.1, -0.05) is 6.07 Å². The van der Waals surface area contributed by atoms with Crippen molar-refractivity contribution in [1.29, 1.82) is 5.26 Å². The van der Waals surface area contributed by atoms with Crippen molar-refractivity contribution in [3.05, 3.63) is 70.1 Å². The number of ether oxygens (including phenoxy) is 4. The molecule has 0 saturated heterocycles. The van der Waals surface area contributed by atoms with Crippen LogP contribution < -0.4 is 19.8 Å². The lowest BCUT2D eigenvalue weighted by Crippen LogP contribution is -2.05. The van der Waals surface area contributed by atoms with E-state index in [2.05, 4.69) is 0 Å². The van der Waals surface area contributed by atoms with Crippen molar-refractivity contribution in [2.45, 2.75) is 6.61 Å². The molecule has 0 aliphatic carbocycles. The highest BCUT2D eigenvalue weighted by molar-refractivity contribution is 5.87. The van der Waals surface area contributed by atoms with Crippen molar-refractivity contribution in [3.63, 3.8) is 0 Å². The van der Waals surface area contributed by atoms with E-state index in [4.69, 9.17) is 28.6 Å². The first kappa shape index (κ1) is 21.5. The number of esters is 1. The predicted molar refractivity (Wildman–Crippen MR) is 112 cm³/mol. The van der Waals surface area contributed by atoms with Crippen LogP contribution in [0.5, 0.6) is 17.2 Å². The minimum atomic E-state index is -0.585. The van der Waals surface area contributed by atoms with Crippen LogP contribution in [-0.2, 0) is 16.1 Å². The lowest BCUT2D eigenvalue weighted by atomic mass is 10.1. The van der Waals surface area contributed by atoms with Crippen LogP contribution >= 0.6 is 0 Å². The summed E-state index contributed by atoms with van der Waals surface area (Å²) in [6.45, 7) is -0.195. The van der Waals surface area contributed by atoms with Crippen LogP contribution in [0, 0.1) is 11.3 Å². The Balaban J connectivity index is 1.70. The van der Waals surface area contributed by atoms with Gasteiger partial charge >= 0.3 is 11.6 Å². The van der Waals surface area contributed by atoms with E-state index < -0.39 is 11.6 Å². The Kier molecular flexibility index (Phi) is 6.91. The van der Waals surface area contributed by atoms with E-state index in [1.165, 1.54) is 26.4 Å². The molecule has 3 aromatic rings. The monoisotopic (exact) mass is 421 g/mol. The lowest BCUT2D eigenvalue weighted by molar-refractivity contribution is -0.138. The molecule has 0 aliphatic heterocycles. The number of methoxy groups -OCH3 is 2. The molecule has 2 aromatic carbocycles. The molecule has 0 N–H and O–H groups in total. The first-order chi connectivity index (χ1) is 15.0. The second-order valence-electron chi connectivity index (χ2n) is 6.25. The van der Waals surface area contributed by atoms with Crippen LogP contribution in [-0.4, -0.2) is 26.8 Å². The fourth-order valence-electron chi connectivity index (χ4n) is 2.83. The van der Waals surface area contributed by atoms with Gasteiger partial charge in [0.2, 0.25) is 0 Å². The Morgan fingerprint density at radius 2 is 1.94 bits per heavy atom. The molecule has 0 radical (unpaired) electrons. The fourth-order valence-corrected chi connectivity index (χ4v) is 2.83. The van der Waals surface area contributed by atoms with E-state index in [9.17, 15) is 9.59 Å². The van der Waals surface area contributed by atoms with E-state index in [0.717, 1.165) is 0 Å². The van der Waals surface area contributed by atoms with E-state index in [1.807, 2.05) is 6.07 Å². The maximum absolute atomic E-state index is 12.2. The minimum absolute atomic E-state index is 0.0954. The number of rotatable bonds is 8. The Bertz CT molecular complexity index is 1220. The van der Waals surface area contributed by atoms with Gasteiger partial charge in [-0.3, -0.25) is 0 Å². The molecule has 0 spiro atoms. The molecule has 1 heterocycles. The van der Waals surface area contributed by atoms with Crippen molar-refractivity contribution in [3.8, 4) is 23.3 Å². The van der Waals surface area contributed by atoms with Gasteiger partial charge in [-0.25, -0.2) is 9.59 Å². The lowest BCUT2D eigenvalue weighted by Gasteiger charge is -2.09. The van der Waals surface area contributed by atoms with E-state index in [1.54, 1.807) is 42.5 Å². The van der Waals surface area contributed by atoms with Gasteiger partial charge in [0.15, 0.2) is 18.1 Å². The van der Waals surface area contributed by atoms with Gasteiger partial charge in [0, 0.05) is 29.2 Å². The highest BCUT2D eigenvalue weighted by atomic mass is 16.5. The second-order valence-corrected chi connectivity index (χ2v) is 6.25. The molecule has 0 atom stereocenters. The number of hydrogen-bond donors (Lipinski definition) is 0. The molecule has 0 saturated carbocycles. The van der Waals surface area contributed by atoms with Gasteiger partial charge in [-0.15, -0.1) is 0 Å². The number of nitriles is 1. The molecule has 0 unspecified atom stereocenters. The molecule has 0 amide bonds. The molecule has 1 aromatic heterocycles. The third kappa shape index (κ3) is 5.42. The standard InChI is InChI=1S/C23H19NO7/c1-27-17-5-6-18-16(12-23(26)31-20(18)13-17)14-30-22(25)8-4-15-3-7-19(29-10-9-24)21(11-15)28-2/h3-8,11-13H,10,14H2,1-2H3/b8-4+. The van der Waals surface area contributed by atoms with Crippen LogP contribution in [0.3, 0.4) is 0 Å². The maximum Gasteiger partial charge on any atom is 0.336 e. The van der Waals surface area contributed by atoms with Gasteiger partial charge < -0.3 is 23.4 Å². The van der Waals surface area contributed by atoms with Crippen LogP contribution in [0.2, 0.25) is 0 Å². The average molecular weight is 421 g/mol. The Morgan fingerprint density at radius 3 is 2.68 bits per heavy atom. The highest BCUT2D eigenvalue weighted by Crippen LogP contribution is 2.28. The summed E-state index contributed by atoms with van der Waals surface area (Å²) in [6, 6.07) is 13.3. The largest absolute Gasteiger partial charge is 0.497 e. The van der Waals surface area contributed by atoms with Crippen molar-refractivity contribution in [2.24, 2.45) is 0 Å². The van der Waals surface area contributed by atoms with Crippen molar-refractivity contribution in [1.82, 2.24) is 0 Å². The van der Waals surface area contributed by atoms with Crippen LogP contribution in [0.4, 0.5) is 0 Å². The average Bonchev–Trinajstić information content (AvgIpc) is 2.79. The molecule has 158 valence electrons. The topological polar surface area (TPSA) is 108 Å². The zero-order chi connectivity index (χ0) is 22.2. The third-order valence-electron chi connectivity index (χ3n) is 4.30. The minimum Gasteiger partial charge on any atom is -0.497 e. The normalized spacial score (nSPS) is 10.6. The van der Waals surface area contributed by atoms with Gasteiger partial charge in [-0.05, 0) is 35.9 Å². The van der Waals surface area contributed by atoms with Crippen molar-refractivity contribution in [2.75, 3.05) is 20.8 Å². The van der Waals surface area contributed by atoms with Crippen LogP contribution in [0.1, 0.15) is 11.1 Å². The van der Waals surface area contributed by atoms with Gasteiger partial charge in [-0.2, -0.15) is 5.26 Å². The zero-order valence-corrected chi connectivity index (χ0v) is 16.9. The number of carbonyl (C=O) groups is 1. The molecular formula is C23H19NO7. The molecule has 31 heavy (non-hydrogen) atoms. The zero-order valence-electron chi connectivity index (χ0n) is 16.9. The molecule has 0 aliphatic rings. The molecule has 0 fully saturated rings. The summed E-state index contributed by atoms with van der Waals surface area (Å²) in [4.78, 5) is 24.0. The summed E-state index contributed by atoms with van der Waals surface area (Å²) < 4.78 is 26.1. The summed E-state index contributed by atoms with van der Waals surface area (Å²) in [6.07, 6.45) is 2.82. The quantitative estimate of drug-likeness (QED) is 0.309. The van der Waals surface area contributed by atoms with E-state index in [0.29, 0.717) is 39.3 Å². The molecule has 8 heteroatoms. The van der Waals surface area contributed by atoms with E-state index >= 15 is 0 Å². The number of benzene rings is 2. The Labute approximate surface area is 177 Å². The number of nitrogens with zero attached hydrogens (tertiary/aromatic N) is 1. The van der Waals surface area contributed by atoms with Gasteiger partial charge in [0.25, 0.3) is 0 Å². The number of fused-ring (bicyclic) bond motifs is 1. The Morgan fingerprint density at radius 1 is 1.10 bits per heavy atom. The third-order valence-corrected chi connectivity index (χ3v) is 4.30. The first-order valence-corrected chi connectivity index (χ1v) is 9.17. The molecule has 8 nitrogen and oxygen atoms in total. The number of carbonyl (C=O) groups excluding carboxylic acids is 1. The van der Waals surface area contributed by atoms with Crippen LogP contribution in [0.15, 0.2) is 57.8 Å². The summed E-state index contributed by atoms with van der Waals surface area (Å²) in [5.74, 6) is 0.824. The fraction of sp³-hybridized carbons (Fsp3) is 0.174. The van der Waals surface area contributed by atoms with Crippen molar-refractivity contribution >= 4 is 23.0 Å². The maximum atomic E-state index is 12.2. The molecule has 0 bridgehead atoms. The summed E-state index contributed by atoms with van der Waals surface area (Å²) >= 11 is 0. The second kappa shape index (κ2) is 9.98. The summed E-state index contributed by atoms with van der Waals surface area (Å²) in [5.41, 5.74) is 1.000. The SMILES string of the molecule is COc1ccc2c(COC(=O)/C=C/c3ccc(OCC#N)c(OC)c3)cc(=O)oc2c1. The van der Waals surface area contributed by atoms with Crippen molar-refractivity contribution < 1.29 is 28.2 Å². The Hall–Kier alpha value is -4.25. The molecular weight excluding hydrogens is 402 g/mol. The first-order valence-electron chi connectivity index (χ1n) is 9.17. The summed E-state index contributed by atoms with van der Waals surface area (Å²) in [7, 11) is 2.99. The highest BCUT2D eigenvalue weighted by Gasteiger charge is 2.09. The van der Waals surface area contributed by atoms with Gasteiger partial charge in [0.05, 0.1) is 14.2 Å². The van der Waals surface area contributed by atoms with Crippen LogP contribution in [0.25, 0.3) is 17.0 Å².